The van der Waals surface area contributed by atoms with E-state index in [2.05, 4.69) is 56.6 Å². The first kappa shape index (κ1) is 13.1. The maximum atomic E-state index is 4.16. The van der Waals surface area contributed by atoms with E-state index < -0.39 is 0 Å². The van der Waals surface area contributed by atoms with Crippen molar-refractivity contribution in [3.63, 3.8) is 0 Å². The number of H-pyrrole nitrogens is 1. The molecule has 1 aliphatic heterocycles. The van der Waals surface area contributed by atoms with Crippen LogP contribution in [-0.2, 0) is 6.54 Å². The molecule has 1 aromatic carbocycles. The van der Waals surface area contributed by atoms with Crippen LogP contribution >= 0.6 is 0 Å². The topological polar surface area (TPSA) is 56.8 Å². The SMILES string of the molecule is CC(NCc1ccc(N2CCCC2)cc1)c1ncn[nH]1. The van der Waals surface area contributed by atoms with Gasteiger partial charge < -0.3 is 10.2 Å². The quantitative estimate of drug-likeness (QED) is 0.876. The fourth-order valence-electron chi connectivity index (χ4n) is 2.59. The van der Waals surface area contributed by atoms with E-state index in [4.69, 9.17) is 0 Å². The Bertz CT molecular complexity index is 514. The summed E-state index contributed by atoms with van der Waals surface area (Å²) < 4.78 is 0. The smallest absolute Gasteiger partial charge is 0.141 e. The fraction of sp³-hybridized carbons (Fsp3) is 0.467. The second-order valence-corrected chi connectivity index (χ2v) is 5.33. The Kier molecular flexibility index (Phi) is 3.97. The molecule has 1 fully saturated rings. The highest BCUT2D eigenvalue weighted by atomic mass is 15.2. The van der Waals surface area contributed by atoms with Crippen molar-refractivity contribution in [1.29, 1.82) is 0 Å². The minimum Gasteiger partial charge on any atom is -0.372 e. The van der Waals surface area contributed by atoms with Crippen LogP contribution in [0, 0.1) is 0 Å². The predicted octanol–water partition coefficient (Wildman–Crippen LogP) is 2.26. The Labute approximate surface area is 119 Å². The standard InChI is InChI=1S/C15H21N5/c1-12(15-17-11-18-19-15)16-10-13-4-6-14(7-5-13)20-8-2-3-9-20/h4-7,11-12,16H,2-3,8-10H2,1H3,(H,17,18,19). The summed E-state index contributed by atoms with van der Waals surface area (Å²) in [6.07, 6.45) is 4.17. The van der Waals surface area contributed by atoms with Gasteiger partial charge in [-0.3, -0.25) is 5.10 Å². The molecule has 2 N–H and O–H groups in total. The van der Waals surface area contributed by atoms with Crippen molar-refractivity contribution in [1.82, 2.24) is 20.5 Å². The van der Waals surface area contributed by atoms with Gasteiger partial charge in [-0.15, -0.1) is 0 Å². The van der Waals surface area contributed by atoms with Crippen molar-refractivity contribution in [3.8, 4) is 0 Å². The summed E-state index contributed by atoms with van der Waals surface area (Å²) in [5.41, 5.74) is 2.63. The number of aromatic amines is 1. The number of nitrogens with zero attached hydrogens (tertiary/aromatic N) is 3. The summed E-state index contributed by atoms with van der Waals surface area (Å²) in [6, 6.07) is 9.03. The Morgan fingerprint density at radius 3 is 2.65 bits per heavy atom. The molecule has 0 bridgehead atoms. The maximum Gasteiger partial charge on any atom is 0.141 e. The monoisotopic (exact) mass is 271 g/mol. The summed E-state index contributed by atoms with van der Waals surface area (Å²) in [6.45, 7) is 5.31. The van der Waals surface area contributed by atoms with Gasteiger partial charge in [0.05, 0.1) is 6.04 Å². The lowest BCUT2D eigenvalue weighted by Crippen LogP contribution is -2.20. The number of anilines is 1. The van der Waals surface area contributed by atoms with Gasteiger partial charge in [0.2, 0.25) is 0 Å². The van der Waals surface area contributed by atoms with E-state index in [-0.39, 0.29) is 6.04 Å². The Morgan fingerprint density at radius 2 is 2.00 bits per heavy atom. The van der Waals surface area contributed by atoms with Crippen molar-refractivity contribution in [2.75, 3.05) is 18.0 Å². The molecule has 1 saturated heterocycles. The summed E-state index contributed by atoms with van der Waals surface area (Å²) in [5.74, 6) is 0.874. The Morgan fingerprint density at radius 1 is 1.25 bits per heavy atom. The van der Waals surface area contributed by atoms with E-state index in [1.54, 1.807) is 6.33 Å². The molecule has 1 unspecified atom stereocenters. The van der Waals surface area contributed by atoms with Crippen LogP contribution in [0.3, 0.4) is 0 Å². The van der Waals surface area contributed by atoms with Gasteiger partial charge in [-0.2, -0.15) is 5.10 Å². The van der Waals surface area contributed by atoms with Crippen LogP contribution in [-0.4, -0.2) is 28.3 Å². The van der Waals surface area contributed by atoms with E-state index in [0.29, 0.717) is 0 Å². The van der Waals surface area contributed by atoms with Gasteiger partial charge in [-0.1, -0.05) is 12.1 Å². The van der Waals surface area contributed by atoms with Crippen LogP contribution in [0.25, 0.3) is 0 Å². The molecule has 3 rings (SSSR count). The lowest BCUT2D eigenvalue weighted by Gasteiger charge is -2.18. The van der Waals surface area contributed by atoms with Crippen LogP contribution in [0.2, 0.25) is 0 Å². The predicted molar refractivity (Wildman–Crippen MR) is 79.5 cm³/mol. The summed E-state index contributed by atoms with van der Waals surface area (Å²) in [7, 11) is 0. The molecule has 2 aromatic rings. The molecule has 0 amide bonds. The average molecular weight is 271 g/mol. The lowest BCUT2D eigenvalue weighted by atomic mass is 10.2. The summed E-state index contributed by atoms with van der Waals surface area (Å²) in [5, 5.41) is 10.2. The Balaban J connectivity index is 1.55. The lowest BCUT2D eigenvalue weighted by molar-refractivity contribution is 0.548. The van der Waals surface area contributed by atoms with Crippen molar-refractivity contribution in [2.24, 2.45) is 0 Å². The number of rotatable bonds is 5. The van der Waals surface area contributed by atoms with Crippen LogP contribution in [0.4, 0.5) is 5.69 Å². The fourth-order valence-corrected chi connectivity index (χ4v) is 2.59. The molecule has 1 aromatic heterocycles. The maximum absolute atomic E-state index is 4.16. The van der Waals surface area contributed by atoms with Crippen molar-refractivity contribution in [3.05, 3.63) is 42.0 Å². The molecule has 2 heterocycles. The average Bonchev–Trinajstić information content (AvgIpc) is 3.18. The van der Waals surface area contributed by atoms with Gasteiger partial charge in [0, 0.05) is 25.3 Å². The molecule has 1 atom stereocenters. The van der Waals surface area contributed by atoms with Gasteiger partial charge in [-0.05, 0) is 37.5 Å². The zero-order valence-electron chi connectivity index (χ0n) is 11.8. The highest BCUT2D eigenvalue weighted by Gasteiger charge is 2.12. The number of benzene rings is 1. The molecular formula is C15H21N5. The number of hydrogen-bond acceptors (Lipinski definition) is 4. The second-order valence-electron chi connectivity index (χ2n) is 5.33. The first-order valence-electron chi connectivity index (χ1n) is 7.25. The van der Waals surface area contributed by atoms with Crippen molar-refractivity contribution in [2.45, 2.75) is 32.4 Å². The van der Waals surface area contributed by atoms with Crippen LogP contribution in [0.5, 0.6) is 0 Å². The zero-order valence-corrected chi connectivity index (χ0v) is 11.8. The van der Waals surface area contributed by atoms with Crippen molar-refractivity contribution < 1.29 is 0 Å². The van der Waals surface area contributed by atoms with Crippen LogP contribution in [0.15, 0.2) is 30.6 Å². The summed E-state index contributed by atoms with van der Waals surface area (Å²) in [4.78, 5) is 6.61. The second kappa shape index (κ2) is 6.05. The van der Waals surface area contributed by atoms with E-state index in [1.807, 2.05) is 0 Å². The third-order valence-electron chi connectivity index (χ3n) is 3.86. The molecule has 106 valence electrons. The first-order chi connectivity index (χ1) is 9.83. The Hall–Kier alpha value is -1.88. The molecule has 20 heavy (non-hydrogen) atoms. The van der Waals surface area contributed by atoms with Gasteiger partial charge in [0.15, 0.2) is 0 Å². The molecule has 0 radical (unpaired) electrons. The molecule has 5 nitrogen and oxygen atoms in total. The van der Waals surface area contributed by atoms with E-state index >= 15 is 0 Å². The van der Waals surface area contributed by atoms with Gasteiger partial charge in [0.1, 0.15) is 12.2 Å². The van der Waals surface area contributed by atoms with Gasteiger partial charge in [-0.25, -0.2) is 4.98 Å². The largest absolute Gasteiger partial charge is 0.372 e. The highest BCUT2D eigenvalue weighted by molar-refractivity contribution is 5.48. The molecule has 5 heteroatoms. The van der Waals surface area contributed by atoms with E-state index in [9.17, 15) is 0 Å². The van der Waals surface area contributed by atoms with Crippen LogP contribution in [0.1, 0.15) is 37.2 Å². The normalized spacial score (nSPS) is 16.6. The zero-order chi connectivity index (χ0) is 13.8. The number of aromatic nitrogens is 3. The molecular weight excluding hydrogens is 250 g/mol. The minimum absolute atomic E-state index is 0.177. The van der Waals surface area contributed by atoms with Crippen LogP contribution < -0.4 is 10.2 Å². The van der Waals surface area contributed by atoms with Gasteiger partial charge >= 0.3 is 0 Å². The van der Waals surface area contributed by atoms with E-state index in [1.165, 1.54) is 37.2 Å². The minimum atomic E-state index is 0.177. The molecule has 0 aliphatic carbocycles. The molecule has 0 saturated carbocycles. The first-order valence-corrected chi connectivity index (χ1v) is 7.25. The molecule has 1 aliphatic rings. The third-order valence-corrected chi connectivity index (χ3v) is 3.86. The third kappa shape index (κ3) is 2.99. The van der Waals surface area contributed by atoms with E-state index in [0.717, 1.165) is 12.4 Å². The number of hydrogen-bond donors (Lipinski definition) is 2. The number of nitrogens with one attached hydrogen (secondary N) is 2. The van der Waals surface area contributed by atoms with Gasteiger partial charge in [0.25, 0.3) is 0 Å². The summed E-state index contributed by atoms with van der Waals surface area (Å²) >= 11 is 0. The molecule has 0 spiro atoms. The highest BCUT2D eigenvalue weighted by Crippen LogP contribution is 2.20. The van der Waals surface area contributed by atoms with Crippen molar-refractivity contribution >= 4 is 5.69 Å².